The zero-order valence-electron chi connectivity index (χ0n) is 11.0. The molecular weight excluding hydrogens is 250 g/mol. The number of carbonyl (C=O) groups excluding carboxylic acids is 2. The van der Waals surface area contributed by atoms with Gasteiger partial charge in [0.25, 0.3) is 0 Å². The normalized spacial score (nSPS) is 10.3. The molecule has 6 nitrogen and oxygen atoms in total. The van der Waals surface area contributed by atoms with E-state index in [4.69, 9.17) is 9.47 Å². The fourth-order valence-electron chi connectivity index (χ4n) is 1.33. The first-order chi connectivity index (χ1) is 9.12. The van der Waals surface area contributed by atoms with E-state index in [0.29, 0.717) is 11.4 Å². The minimum Gasteiger partial charge on any atom is -0.481 e. The van der Waals surface area contributed by atoms with Gasteiger partial charge < -0.3 is 14.2 Å². The molecule has 0 unspecified atom stereocenters. The summed E-state index contributed by atoms with van der Waals surface area (Å²) in [7, 11) is 2.73. The van der Waals surface area contributed by atoms with Crippen LogP contribution in [-0.2, 0) is 14.3 Å². The van der Waals surface area contributed by atoms with Crippen molar-refractivity contribution in [2.75, 3.05) is 20.8 Å². The molecule has 0 aliphatic rings. The summed E-state index contributed by atoms with van der Waals surface area (Å²) in [5.74, 6) is -0.705. The van der Waals surface area contributed by atoms with Crippen molar-refractivity contribution in [3.8, 4) is 5.88 Å². The van der Waals surface area contributed by atoms with Crippen molar-refractivity contribution in [3.05, 3.63) is 29.5 Å². The fraction of sp³-hybridized carbons (Fsp3) is 0.308. The molecule has 102 valence electrons. The van der Waals surface area contributed by atoms with Crippen LogP contribution in [0.2, 0.25) is 0 Å². The molecular formula is C13H15NO5. The second kappa shape index (κ2) is 7.15. The molecule has 1 aromatic heterocycles. The maximum absolute atomic E-state index is 11.6. The van der Waals surface area contributed by atoms with Crippen LogP contribution < -0.4 is 4.74 Å². The van der Waals surface area contributed by atoms with Crippen LogP contribution in [0.3, 0.4) is 0 Å². The average Bonchev–Trinajstić information content (AvgIpc) is 2.44. The highest BCUT2D eigenvalue weighted by molar-refractivity contribution is 5.95. The second-order valence-electron chi connectivity index (χ2n) is 3.39. The molecule has 0 atom stereocenters. The minimum absolute atomic E-state index is 0.240. The van der Waals surface area contributed by atoms with Gasteiger partial charge in [0, 0.05) is 18.3 Å². The molecule has 1 heterocycles. The number of nitrogens with zero attached hydrogens (tertiary/aromatic N) is 1. The van der Waals surface area contributed by atoms with E-state index in [2.05, 4.69) is 9.72 Å². The van der Waals surface area contributed by atoms with Gasteiger partial charge in [-0.3, -0.25) is 0 Å². The summed E-state index contributed by atoms with van der Waals surface area (Å²) in [6.45, 7) is 1.99. The molecule has 19 heavy (non-hydrogen) atoms. The van der Waals surface area contributed by atoms with Gasteiger partial charge in [-0.25, -0.2) is 14.6 Å². The first-order valence-corrected chi connectivity index (χ1v) is 5.59. The molecule has 0 aromatic carbocycles. The monoisotopic (exact) mass is 265 g/mol. The molecule has 0 saturated carbocycles. The summed E-state index contributed by atoms with van der Waals surface area (Å²) >= 11 is 0. The third-order valence-corrected chi connectivity index (χ3v) is 2.21. The van der Waals surface area contributed by atoms with Gasteiger partial charge in [0.1, 0.15) is 0 Å². The number of hydrogen-bond acceptors (Lipinski definition) is 6. The SMILES string of the molecule is CCOC(=O)/C=C/c1cc(OC)ncc1C(=O)OC. The summed E-state index contributed by atoms with van der Waals surface area (Å²) in [6.07, 6.45) is 4.01. The Kier molecular flexibility index (Phi) is 5.53. The van der Waals surface area contributed by atoms with Crippen molar-refractivity contribution in [3.63, 3.8) is 0 Å². The van der Waals surface area contributed by atoms with E-state index in [1.54, 1.807) is 6.92 Å². The largest absolute Gasteiger partial charge is 0.481 e. The van der Waals surface area contributed by atoms with Crippen molar-refractivity contribution in [2.24, 2.45) is 0 Å². The molecule has 0 aliphatic heterocycles. The van der Waals surface area contributed by atoms with Gasteiger partial charge in [-0.1, -0.05) is 0 Å². The smallest absolute Gasteiger partial charge is 0.340 e. The Morgan fingerprint density at radius 1 is 1.37 bits per heavy atom. The number of pyridine rings is 1. The molecule has 0 radical (unpaired) electrons. The van der Waals surface area contributed by atoms with Crippen LogP contribution in [0, 0.1) is 0 Å². The zero-order valence-corrected chi connectivity index (χ0v) is 11.0. The average molecular weight is 265 g/mol. The summed E-state index contributed by atoms with van der Waals surface area (Å²) in [4.78, 5) is 26.7. The number of carbonyl (C=O) groups is 2. The van der Waals surface area contributed by atoms with Crippen LogP contribution in [0.4, 0.5) is 0 Å². The second-order valence-corrected chi connectivity index (χ2v) is 3.39. The minimum atomic E-state index is -0.543. The molecule has 0 aliphatic carbocycles. The fourth-order valence-corrected chi connectivity index (χ4v) is 1.33. The third kappa shape index (κ3) is 4.09. The predicted octanol–water partition coefficient (Wildman–Crippen LogP) is 1.45. The topological polar surface area (TPSA) is 74.7 Å². The van der Waals surface area contributed by atoms with Gasteiger partial charge in [0.05, 0.1) is 26.4 Å². The molecule has 0 N–H and O–H groups in total. The van der Waals surface area contributed by atoms with Gasteiger partial charge in [-0.2, -0.15) is 0 Å². The van der Waals surface area contributed by atoms with Gasteiger partial charge in [-0.05, 0) is 18.6 Å². The molecule has 1 aromatic rings. The number of rotatable bonds is 5. The van der Waals surface area contributed by atoms with E-state index in [0.717, 1.165) is 0 Å². The van der Waals surface area contributed by atoms with Crippen molar-refractivity contribution in [2.45, 2.75) is 6.92 Å². The molecule has 0 fully saturated rings. The van der Waals surface area contributed by atoms with Crippen LogP contribution in [0.5, 0.6) is 5.88 Å². The number of aromatic nitrogens is 1. The molecule has 6 heteroatoms. The van der Waals surface area contributed by atoms with Crippen molar-refractivity contribution in [1.82, 2.24) is 4.98 Å². The van der Waals surface area contributed by atoms with E-state index < -0.39 is 11.9 Å². The lowest BCUT2D eigenvalue weighted by atomic mass is 10.1. The quantitative estimate of drug-likeness (QED) is 0.592. The zero-order chi connectivity index (χ0) is 14.3. The first-order valence-electron chi connectivity index (χ1n) is 5.59. The Labute approximate surface area is 111 Å². The maximum atomic E-state index is 11.6. The molecule has 0 amide bonds. The molecule has 0 saturated heterocycles. The maximum Gasteiger partial charge on any atom is 0.340 e. The predicted molar refractivity (Wildman–Crippen MR) is 67.8 cm³/mol. The van der Waals surface area contributed by atoms with E-state index in [9.17, 15) is 9.59 Å². The lowest BCUT2D eigenvalue weighted by Crippen LogP contribution is -2.05. The van der Waals surface area contributed by atoms with E-state index in [1.165, 1.54) is 38.6 Å². The Bertz CT molecular complexity index is 496. The van der Waals surface area contributed by atoms with E-state index in [-0.39, 0.29) is 12.2 Å². The number of hydrogen-bond donors (Lipinski definition) is 0. The van der Waals surface area contributed by atoms with Crippen LogP contribution >= 0.6 is 0 Å². The Hall–Kier alpha value is -2.37. The number of ether oxygens (including phenoxy) is 3. The lowest BCUT2D eigenvalue weighted by Gasteiger charge is -2.05. The Morgan fingerprint density at radius 3 is 2.68 bits per heavy atom. The van der Waals surface area contributed by atoms with Gasteiger partial charge in [0.15, 0.2) is 0 Å². The van der Waals surface area contributed by atoms with Crippen molar-refractivity contribution < 1.29 is 23.8 Å². The van der Waals surface area contributed by atoms with E-state index in [1.807, 2.05) is 0 Å². The molecule has 0 spiro atoms. The Balaban J connectivity index is 3.07. The third-order valence-electron chi connectivity index (χ3n) is 2.21. The highest BCUT2D eigenvalue weighted by Gasteiger charge is 2.12. The van der Waals surface area contributed by atoms with Crippen LogP contribution in [0.15, 0.2) is 18.3 Å². The molecule has 0 bridgehead atoms. The number of methoxy groups -OCH3 is 2. The van der Waals surface area contributed by atoms with Gasteiger partial charge in [0.2, 0.25) is 5.88 Å². The lowest BCUT2D eigenvalue weighted by molar-refractivity contribution is -0.137. The van der Waals surface area contributed by atoms with Gasteiger partial charge in [-0.15, -0.1) is 0 Å². The van der Waals surface area contributed by atoms with Crippen LogP contribution in [0.1, 0.15) is 22.8 Å². The summed E-state index contributed by atoms with van der Waals surface area (Å²) in [5, 5.41) is 0. The summed E-state index contributed by atoms with van der Waals surface area (Å²) in [5.41, 5.74) is 0.704. The highest BCUT2D eigenvalue weighted by atomic mass is 16.5. The van der Waals surface area contributed by atoms with Crippen LogP contribution in [0.25, 0.3) is 6.08 Å². The number of esters is 2. The summed E-state index contributed by atoms with van der Waals surface area (Å²) < 4.78 is 14.4. The van der Waals surface area contributed by atoms with Gasteiger partial charge >= 0.3 is 11.9 Å². The van der Waals surface area contributed by atoms with Crippen LogP contribution in [-0.4, -0.2) is 37.7 Å². The molecule has 1 rings (SSSR count). The Morgan fingerprint density at radius 2 is 2.11 bits per heavy atom. The van der Waals surface area contributed by atoms with Crippen molar-refractivity contribution in [1.29, 1.82) is 0 Å². The standard InChI is InChI=1S/C13H15NO5/c1-4-19-12(15)6-5-9-7-11(17-2)14-8-10(9)13(16)18-3/h5-8H,4H2,1-3H3/b6-5+. The highest BCUT2D eigenvalue weighted by Crippen LogP contribution is 2.17. The summed E-state index contributed by atoms with van der Waals surface area (Å²) in [6, 6.07) is 1.53. The first kappa shape index (κ1) is 14.7. The van der Waals surface area contributed by atoms with Crippen molar-refractivity contribution >= 4 is 18.0 Å². The van der Waals surface area contributed by atoms with E-state index >= 15 is 0 Å².